The Hall–Kier alpha value is -2.03. The maximum absolute atomic E-state index is 13.3. The molecule has 33 heavy (non-hydrogen) atoms. The fourth-order valence-electron chi connectivity index (χ4n) is 6.14. The maximum atomic E-state index is 13.3. The Morgan fingerprint density at radius 1 is 1.33 bits per heavy atom. The normalized spacial score (nSPS) is 30.9. The molecule has 0 unspecified atom stereocenters. The summed E-state index contributed by atoms with van der Waals surface area (Å²) in [4.78, 5) is 25.5. The highest BCUT2D eigenvalue weighted by Crippen LogP contribution is 2.63. The van der Waals surface area contributed by atoms with Crippen LogP contribution >= 0.6 is 11.3 Å². The van der Waals surface area contributed by atoms with Gasteiger partial charge in [0.2, 0.25) is 5.91 Å². The molecule has 5 atom stereocenters. The lowest BCUT2D eigenvalue weighted by molar-refractivity contribution is -0.147. The number of rotatable bonds is 7. The third kappa shape index (κ3) is 4.17. The number of thiazole rings is 1. The number of hydrogen-bond acceptors (Lipinski definition) is 7. The number of hydrogen-bond donors (Lipinski definition) is 3. The van der Waals surface area contributed by atoms with E-state index in [1.165, 1.54) is 0 Å². The monoisotopic (exact) mass is 472 g/mol. The molecule has 2 aromatic rings. The van der Waals surface area contributed by atoms with Crippen LogP contribution in [0.4, 0.5) is 10.8 Å². The number of carbonyl (C=O) groups excluding carboxylic acids is 1. The predicted octanol–water partition coefficient (Wildman–Crippen LogP) is 3.96. The van der Waals surface area contributed by atoms with Gasteiger partial charge in [0.15, 0.2) is 5.13 Å². The van der Waals surface area contributed by atoms with E-state index in [1.54, 1.807) is 23.7 Å². The number of amides is 1. The molecule has 180 valence electrons. The summed E-state index contributed by atoms with van der Waals surface area (Å²) in [7, 11) is 0. The van der Waals surface area contributed by atoms with Crippen molar-refractivity contribution in [3.05, 3.63) is 35.1 Å². The van der Waals surface area contributed by atoms with Gasteiger partial charge in [-0.3, -0.25) is 9.78 Å². The molecule has 2 aliphatic rings. The summed E-state index contributed by atoms with van der Waals surface area (Å²) in [5.41, 5.74) is 1.04. The largest absolute Gasteiger partial charge is 0.396 e. The van der Waals surface area contributed by atoms with Crippen molar-refractivity contribution in [1.29, 1.82) is 0 Å². The molecule has 1 amide bonds. The predicted molar refractivity (Wildman–Crippen MR) is 131 cm³/mol. The minimum Gasteiger partial charge on any atom is -0.396 e. The second-order valence-electron chi connectivity index (χ2n) is 10.00. The van der Waals surface area contributed by atoms with E-state index >= 15 is 0 Å². The highest BCUT2D eigenvalue weighted by atomic mass is 32.1. The van der Waals surface area contributed by atoms with Gasteiger partial charge in [0.05, 0.1) is 30.3 Å². The lowest BCUT2D eigenvalue weighted by Crippen LogP contribution is -2.57. The number of aromatic nitrogens is 2. The van der Waals surface area contributed by atoms with E-state index in [0.717, 1.165) is 34.2 Å². The molecule has 1 saturated carbocycles. The van der Waals surface area contributed by atoms with Gasteiger partial charge in [-0.1, -0.05) is 13.8 Å². The molecule has 0 bridgehead atoms. The number of nitrogens with one attached hydrogen (secondary N) is 1. The van der Waals surface area contributed by atoms with Crippen LogP contribution in [0.25, 0.3) is 0 Å². The summed E-state index contributed by atoms with van der Waals surface area (Å²) < 4.78 is 0. The van der Waals surface area contributed by atoms with E-state index < -0.39 is 11.5 Å². The first-order valence-corrected chi connectivity index (χ1v) is 12.8. The highest BCUT2D eigenvalue weighted by Gasteiger charge is 2.59. The second-order valence-corrected chi connectivity index (χ2v) is 11.1. The maximum Gasteiger partial charge on any atom is 0.223 e. The van der Waals surface area contributed by atoms with Crippen molar-refractivity contribution in [2.24, 2.45) is 16.7 Å². The topological polar surface area (TPSA) is 98.6 Å². The Bertz CT molecular complexity index is 979. The molecule has 0 radical (unpaired) electrons. The number of aliphatic hydroxyl groups is 2. The molecule has 0 aliphatic heterocycles. The zero-order valence-corrected chi connectivity index (χ0v) is 20.9. The summed E-state index contributed by atoms with van der Waals surface area (Å²) in [5.74, 6) is 0.148. The third-order valence-electron chi connectivity index (χ3n) is 8.30. The van der Waals surface area contributed by atoms with Crippen molar-refractivity contribution in [3.8, 4) is 0 Å². The van der Waals surface area contributed by atoms with Crippen LogP contribution < -0.4 is 5.32 Å². The van der Waals surface area contributed by atoms with Crippen LogP contribution in [-0.4, -0.2) is 56.8 Å². The van der Waals surface area contributed by atoms with Crippen molar-refractivity contribution in [2.45, 2.75) is 65.4 Å². The molecule has 0 saturated heterocycles. The summed E-state index contributed by atoms with van der Waals surface area (Å²) in [6, 6.07) is 3.83. The standard InChI is InChI=1S/C25H36N4O3S/c1-5-29(6-2)21(32)12-17-22-18(33-23(28-22)27-16-8-7-11-26-14-16)13-19-24(17,3)10-9-20(31)25(19,4)15-30/h7-8,11,14,17,19-20,30-31H,5-6,9-10,12-13,15H2,1-4H3,(H,27,28)/t17-,19+,20-,24+,25+/m1/s1. The van der Waals surface area contributed by atoms with Gasteiger partial charge in [-0.2, -0.15) is 0 Å². The first kappa shape index (κ1) is 24.1. The molecule has 7 nitrogen and oxygen atoms in total. The van der Waals surface area contributed by atoms with Crippen molar-refractivity contribution >= 4 is 28.1 Å². The van der Waals surface area contributed by atoms with Gasteiger partial charge in [-0.15, -0.1) is 11.3 Å². The van der Waals surface area contributed by atoms with Crippen LogP contribution in [0.1, 0.15) is 63.4 Å². The zero-order valence-electron chi connectivity index (χ0n) is 20.0. The van der Waals surface area contributed by atoms with Crippen LogP contribution in [0.5, 0.6) is 0 Å². The minimum atomic E-state index is -0.609. The summed E-state index contributed by atoms with van der Waals surface area (Å²) in [6.45, 7) is 9.57. The fourth-order valence-corrected chi connectivity index (χ4v) is 7.23. The van der Waals surface area contributed by atoms with Gasteiger partial charge in [0, 0.05) is 41.9 Å². The number of carbonyl (C=O) groups is 1. The number of nitrogens with zero attached hydrogens (tertiary/aromatic N) is 3. The average Bonchev–Trinajstić information content (AvgIpc) is 3.21. The Labute approximate surface area is 200 Å². The smallest absolute Gasteiger partial charge is 0.223 e. The molecule has 2 heterocycles. The van der Waals surface area contributed by atoms with Crippen molar-refractivity contribution in [3.63, 3.8) is 0 Å². The van der Waals surface area contributed by atoms with E-state index in [1.807, 2.05) is 37.8 Å². The lowest BCUT2D eigenvalue weighted by Gasteiger charge is -2.58. The highest BCUT2D eigenvalue weighted by molar-refractivity contribution is 7.15. The number of pyridine rings is 1. The molecular weight excluding hydrogens is 436 g/mol. The van der Waals surface area contributed by atoms with Crippen LogP contribution in [0, 0.1) is 16.7 Å². The van der Waals surface area contributed by atoms with Gasteiger partial charge in [0.25, 0.3) is 0 Å². The molecule has 1 fully saturated rings. The lowest BCUT2D eigenvalue weighted by atomic mass is 9.47. The number of fused-ring (bicyclic) bond motifs is 2. The average molecular weight is 473 g/mol. The molecule has 3 N–H and O–H groups in total. The first-order chi connectivity index (χ1) is 15.8. The molecule has 4 rings (SSSR count). The zero-order chi connectivity index (χ0) is 23.8. The molecule has 2 aromatic heterocycles. The second kappa shape index (κ2) is 9.31. The van der Waals surface area contributed by atoms with E-state index in [-0.39, 0.29) is 29.8 Å². The van der Waals surface area contributed by atoms with Gasteiger partial charge in [-0.25, -0.2) is 4.98 Å². The van der Waals surface area contributed by atoms with Crippen LogP contribution in [0.15, 0.2) is 24.5 Å². The molecule has 0 spiro atoms. The summed E-state index contributed by atoms with van der Waals surface area (Å²) >= 11 is 1.61. The van der Waals surface area contributed by atoms with Crippen molar-refractivity contribution in [1.82, 2.24) is 14.9 Å². The van der Waals surface area contributed by atoms with Crippen molar-refractivity contribution in [2.75, 3.05) is 25.0 Å². The van der Waals surface area contributed by atoms with Gasteiger partial charge >= 0.3 is 0 Å². The van der Waals surface area contributed by atoms with Crippen molar-refractivity contribution < 1.29 is 15.0 Å². The minimum absolute atomic E-state index is 0.0570. The Morgan fingerprint density at radius 3 is 2.73 bits per heavy atom. The first-order valence-electron chi connectivity index (χ1n) is 12.0. The van der Waals surface area contributed by atoms with Gasteiger partial charge in [0.1, 0.15) is 0 Å². The summed E-state index contributed by atoms with van der Waals surface area (Å²) in [5, 5.41) is 25.4. The van der Waals surface area contributed by atoms with Gasteiger partial charge < -0.3 is 20.4 Å². The SMILES string of the molecule is CCN(CC)C(=O)C[C@@H]1c2nc(Nc3cccnc3)sc2C[C@@H]2[C@](C)(CO)[C@H](O)CC[C@]21C. The molecule has 2 aliphatic carbocycles. The molecule has 8 heteroatoms. The number of aliphatic hydroxyl groups excluding tert-OH is 2. The summed E-state index contributed by atoms with van der Waals surface area (Å²) in [6.07, 6.45) is 5.54. The molecule has 0 aromatic carbocycles. The number of anilines is 2. The van der Waals surface area contributed by atoms with Crippen LogP contribution in [0.2, 0.25) is 0 Å². The molecular formula is C25H36N4O3S. The third-order valence-corrected chi connectivity index (χ3v) is 9.31. The van der Waals surface area contributed by atoms with E-state index in [9.17, 15) is 15.0 Å². The van der Waals surface area contributed by atoms with E-state index in [0.29, 0.717) is 25.9 Å². The Kier molecular flexibility index (Phi) is 6.80. The van der Waals surface area contributed by atoms with E-state index in [4.69, 9.17) is 4.98 Å². The van der Waals surface area contributed by atoms with Crippen LogP contribution in [-0.2, 0) is 11.2 Å². The van der Waals surface area contributed by atoms with Gasteiger partial charge in [-0.05, 0) is 56.6 Å². The van der Waals surface area contributed by atoms with E-state index in [2.05, 4.69) is 17.2 Å². The van der Waals surface area contributed by atoms with Crippen LogP contribution in [0.3, 0.4) is 0 Å². The Balaban J connectivity index is 1.76. The Morgan fingerprint density at radius 2 is 2.09 bits per heavy atom. The quantitative estimate of drug-likeness (QED) is 0.564. The fraction of sp³-hybridized carbons (Fsp3) is 0.640.